The minimum absolute atomic E-state index is 0.149. The topological polar surface area (TPSA) is 62.1 Å². The van der Waals surface area contributed by atoms with Gasteiger partial charge in [0.1, 0.15) is 5.54 Å². The third-order valence-electron chi connectivity index (χ3n) is 2.61. The molecule has 1 fully saturated rings. The van der Waals surface area contributed by atoms with Crippen molar-refractivity contribution in [2.24, 2.45) is 0 Å². The lowest BCUT2D eigenvalue weighted by molar-refractivity contribution is 0.104. The minimum atomic E-state index is -0.690. The van der Waals surface area contributed by atoms with Gasteiger partial charge in [0.15, 0.2) is 0 Å². The summed E-state index contributed by atoms with van der Waals surface area (Å²) >= 11 is 0. The second kappa shape index (κ2) is 5.01. The largest absolute Gasteiger partial charge is 0.447 e. The molecular weight excluding hydrogens is 192 g/mol. The van der Waals surface area contributed by atoms with Gasteiger partial charge in [0.2, 0.25) is 0 Å². The van der Waals surface area contributed by atoms with Gasteiger partial charge in [-0.25, -0.2) is 4.79 Å². The Kier molecular flexibility index (Phi) is 3.96. The van der Waals surface area contributed by atoms with E-state index < -0.39 is 11.6 Å². The molecule has 1 N–H and O–H groups in total. The van der Waals surface area contributed by atoms with Crippen molar-refractivity contribution >= 4 is 6.09 Å². The quantitative estimate of drug-likeness (QED) is 0.761. The second-order valence-electron chi connectivity index (χ2n) is 4.33. The number of amides is 1. The monoisotopic (exact) mass is 210 g/mol. The van der Waals surface area contributed by atoms with Gasteiger partial charge in [-0.3, -0.25) is 0 Å². The van der Waals surface area contributed by atoms with Crippen LogP contribution in [0.3, 0.4) is 0 Å². The Morgan fingerprint density at radius 1 is 1.40 bits per heavy atom. The molecule has 0 aliphatic heterocycles. The number of rotatable bonds is 2. The molecule has 4 heteroatoms. The predicted octanol–water partition coefficient (Wildman–Crippen LogP) is 2.35. The van der Waals surface area contributed by atoms with Gasteiger partial charge in [-0.2, -0.15) is 5.26 Å². The molecule has 0 radical (unpaired) electrons. The summed E-state index contributed by atoms with van der Waals surface area (Å²) in [5, 5.41) is 11.8. The highest BCUT2D eigenvalue weighted by atomic mass is 16.6. The highest BCUT2D eigenvalue weighted by Crippen LogP contribution is 2.27. The average Bonchev–Trinajstić information content (AvgIpc) is 2.17. The molecule has 0 aromatic carbocycles. The summed E-state index contributed by atoms with van der Waals surface area (Å²) in [6, 6.07) is 2.21. The first-order valence-corrected chi connectivity index (χ1v) is 5.48. The number of nitrogens with one attached hydrogen (secondary N) is 1. The smallest absolute Gasteiger partial charge is 0.408 e. The van der Waals surface area contributed by atoms with Crippen LogP contribution in [0.4, 0.5) is 4.79 Å². The molecule has 1 aliphatic rings. The summed E-state index contributed by atoms with van der Waals surface area (Å²) in [4.78, 5) is 11.4. The van der Waals surface area contributed by atoms with E-state index in [-0.39, 0.29) is 6.10 Å². The normalized spacial score (nSPS) is 19.3. The second-order valence-corrected chi connectivity index (χ2v) is 4.33. The molecule has 15 heavy (non-hydrogen) atoms. The SMILES string of the molecule is CC(C)OC(=O)NC1(C#N)CCCCC1. The summed E-state index contributed by atoms with van der Waals surface area (Å²) < 4.78 is 4.98. The number of carbonyl (C=O) groups is 1. The van der Waals surface area contributed by atoms with E-state index in [0.717, 1.165) is 32.1 Å². The number of hydrogen-bond acceptors (Lipinski definition) is 3. The molecule has 0 bridgehead atoms. The van der Waals surface area contributed by atoms with Crippen molar-refractivity contribution < 1.29 is 9.53 Å². The zero-order valence-corrected chi connectivity index (χ0v) is 9.38. The fraction of sp³-hybridized carbons (Fsp3) is 0.818. The summed E-state index contributed by atoms with van der Waals surface area (Å²) in [6.07, 6.45) is 3.97. The van der Waals surface area contributed by atoms with E-state index in [1.165, 1.54) is 0 Å². The van der Waals surface area contributed by atoms with Gasteiger partial charge in [0.05, 0.1) is 12.2 Å². The summed E-state index contributed by atoms with van der Waals surface area (Å²) in [7, 11) is 0. The number of alkyl carbamates (subject to hydrolysis) is 1. The maximum Gasteiger partial charge on any atom is 0.408 e. The van der Waals surface area contributed by atoms with E-state index in [2.05, 4.69) is 11.4 Å². The molecule has 4 nitrogen and oxygen atoms in total. The Labute approximate surface area is 90.6 Å². The van der Waals surface area contributed by atoms with Gasteiger partial charge in [-0.15, -0.1) is 0 Å². The van der Waals surface area contributed by atoms with Crippen molar-refractivity contribution in [1.29, 1.82) is 5.26 Å². The maximum atomic E-state index is 11.4. The summed E-state index contributed by atoms with van der Waals surface area (Å²) in [5.74, 6) is 0. The highest BCUT2D eigenvalue weighted by molar-refractivity contribution is 5.69. The van der Waals surface area contributed by atoms with Gasteiger partial charge in [-0.1, -0.05) is 19.3 Å². The number of ether oxygens (including phenoxy) is 1. The lowest BCUT2D eigenvalue weighted by Crippen LogP contribution is -2.49. The minimum Gasteiger partial charge on any atom is -0.447 e. The van der Waals surface area contributed by atoms with E-state index in [0.29, 0.717) is 0 Å². The molecule has 0 atom stereocenters. The number of carbonyl (C=O) groups excluding carboxylic acids is 1. The lowest BCUT2D eigenvalue weighted by Gasteiger charge is -2.31. The van der Waals surface area contributed by atoms with Crippen LogP contribution in [-0.2, 0) is 4.74 Å². The fourth-order valence-electron chi connectivity index (χ4n) is 1.86. The Hall–Kier alpha value is -1.24. The maximum absolute atomic E-state index is 11.4. The summed E-state index contributed by atoms with van der Waals surface area (Å²) in [6.45, 7) is 3.58. The fourth-order valence-corrected chi connectivity index (χ4v) is 1.86. The van der Waals surface area contributed by atoms with Crippen LogP contribution in [0.25, 0.3) is 0 Å². The first kappa shape index (κ1) is 11.8. The molecule has 0 heterocycles. The zero-order chi connectivity index (χ0) is 11.3. The van der Waals surface area contributed by atoms with Crippen molar-refractivity contribution in [2.75, 3.05) is 0 Å². The van der Waals surface area contributed by atoms with E-state index in [4.69, 9.17) is 10.00 Å². The van der Waals surface area contributed by atoms with Crippen LogP contribution in [0, 0.1) is 11.3 Å². The molecular formula is C11H18N2O2. The van der Waals surface area contributed by atoms with Crippen molar-refractivity contribution in [3.05, 3.63) is 0 Å². The Morgan fingerprint density at radius 3 is 2.47 bits per heavy atom. The van der Waals surface area contributed by atoms with Crippen LogP contribution in [0.15, 0.2) is 0 Å². The molecule has 1 aliphatic carbocycles. The molecule has 1 rings (SSSR count). The number of hydrogen-bond donors (Lipinski definition) is 1. The zero-order valence-electron chi connectivity index (χ0n) is 9.38. The van der Waals surface area contributed by atoms with Gasteiger partial charge >= 0.3 is 6.09 Å². The number of nitriles is 1. The van der Waals surface area contributed by atoms with Crippen LogP contribution >= 0.6 is 0 Å². The Balaban J connectivity index is 2.52. The van der Waals surface area contributed by atoms with Crippen molar-refractivity contribution in [2.45, 2.75) is 57.6 Å². The van der Waals surface area contributed by atoms with Crippen LogP contribution < -0.4 is 5.32 Å². The molecule has 0 spiro atoms. The molecule has 1 amide bonds. The molecule has 0 aromatic heterocycles. The summed E-state index contributed by atoms with van der Waals surface area (Å²) in [5.41, 5.74) is -0.690. The third kappa shape index (κ3) is 3.43. The third-order valence-corrected chi connectivity index (χ3v) is 2.61. The molecule has 0 saturated heterocycles. The van der Waals surface area contributed by atoms with E-state index in [1.54, 1.807) is 13.8 Å². The first-order valence-electron chi connectivity index (χ1n) is 5.48. The van der Waals surface area contributed by atoms with E-state index >= 15 is 0 Å². The van der Waals surface area contributed by atoms with Crippen LogP contribution in [0.5, 0.6) is 0 Å². The molecule has 0 unspecified atom stereocenters. The van der Waals surface area contributed by atoms with Crippen molar-refractivity contribution in [3.63, 3.8) is 0 Å². The Bertz CT molecular complexity index is 262. The Morgan fingerprint density at radius 2 is 2.00 bits per heavy atom. The van der Waals surface area contributed by atoms with Crippen molar-refractivity contribution in [3.8, 4) is 6.07 Å². The van der Waals surface area contributed by atoms with Crippen LogP contribution in [0.2, 0.25) is 0 Å². The highest BCUT2D eigenvalue weighted by Gasteiger charge is 2.34. The van der Waals surface area contributed by atoms with Gasteiger partial charge in [0, 0.05) is 0 Å². The standard InChI is InChI=1S/C11H18N2O2/c1-9(2)15-10(14)13-11(8-12)6-4-3-5-7-11/h9H,3-7H2,1-2H3,(H,13,14). The van der Waals surface area contributed by atoms with Gasteiger partial charge < -0.3 is 10.1 Å². The van der Waals surface area contributed by atoms with E-state index in [9.17, 15) is 4.79 Å². The van der Waals surface area contributed by atoms with Gasteiger partial charge in [0.25, 0.3) is 0 Å². The van der Waals surface area contributed by atoms with Crippen LogP contribution in [-0.4, -0.2) is 17.7 Å². The first-order chi connectivity index (χ1) is 7.08. The van der Waals surface area contributed by atoms with E-state index in [1.807, 2.05) is 0 Å². The lowest BCUT2D eigenvalue weighted by atomic mass is 9.83. The van der Waals surface area contributed by atoms with Crippen molar-refractivity contribution in [1.82, 2.24) is 5.32 Å². The number of nitrogens with zero attached hydrogens (tertiary/aromatic N) is 1. The van der Waals surface area contributed by atoms with Gasteiger partial charge in [-0.05, 0) is 26.7 Å². The van der Waals surface area contributed by atoms with Crippen LogP contribution in [0.1, 0.15) is 46.0 Å². The molecule has 84 valence electrons. The molecule has 0 aromatic rings. The molecule has 1 saturated carbocycles. The predicted molar refractivity (Wildman–Crippen MR) is 56.2 cm³/mol. The average molecular weight is 210 g/mol.